The van der Waals surface area contributed by atoms with Crippen LogP contribution in [0.3, 0.4) is 0 Å². The highest BCUT2D eigenvalue weighted by molar-refractivity contribution is 9.10. The van der Waals surface area contributed by atoms with Crippen LogP contribution in [0, 0.1) is 16.0 Å². The van der Waals surface area contributed by atoms with Crippen molar-refractivity contribution < 1.29 is 9.72 Å². The van der Waals surface area contributed by atoms with Crippen LogP contribution in [0.1, 0.15) is 19.8 Å². The smallest absolute Gasteiger partial charge is 0.270 e. The molecule has 0 radical (unpaired) electrons. The lowest BCUT2D eigenvalue weighted by Crippen LogP contribution is -2.38. The first kappa shape index (κ1) is 14.0. The second kappa shape index (κ2) is 5.69. The normalized spacial score (nSPS) is 19.3. The summed E-state index contributed by atoms with van der Waals surface area (Å²) in [6.07, 6.45) is 1.89. The van der Waals surface area contributed by atoms with E-state index in [-0.39, 0.29) is 17.4 Å². The average Bonchev–Trinajstić information content (AvgIpc) is 2.38. The Morgan fingerprint density at radius 3 is 2.84 bits per heavy atom. The number of carbonyl (C=O) groups is 1. The van der Waals surface area contributed by atoms with Gasteiger partial charge in [0.2, 0.25) is 0 Å². The average molecular weight is 327 g/mol. The van der Waals surface area contributed by atoms with Gasteiger partial charge in [-0.2, -0.15) is 0 Å². The molecular weight excluding hydrogens is 312 g/mol. The molecule has 1 aromatic carbocycles. The standard InChI is InChI=1S/C13H15BrN2O3/c1-9(17)10-3-2-6-15(8-10)13-5-4-11(16(18)19)7-12(13)14/h4-5,7,10H,2-3,6,8H2,1H3. The van der Waals surface area contributed by atoms with E-state index >= 15 is 0 Å². The Hall–Kier alpha value is -1.43. The molecule has 102 valence electrons. The quantitative estimate of drug-likeness (QED) is 0.632. The number of rotatable bonds is 3. The number of benzene rings is 1. The van der Waals surface area contributed by atoms with Crippen LogP contribution in [0.5, 0.6) is 0 Å². The van der Waals surface area contributed by atoms with E-state index in [2.05, 4.69) is 20.8 Å². The molecule has 1 heterocycles. The van der Waals surface area contributed by atoms with Gasteiger partial charge in [-0.15, -0.1) is 0 Å². The summed E-state index contributed by atoms with van der Waals surface area (Å²) in [5, 5.41) is 10.7. The number of non-ortho nitro benzene ring substituents is 1. The molecule has 0 spiro atoms. The molecule has 0 N–H and O–H groups in total. The Bertz CT molecular complexity index is 519. The SMILES string of the molecule is CC(=O)C1CCCN(c2ccc([N+](=O)[O-])cc2Br)C1. The summed E-state index contributed by atoms with van der Waals surface area (Å²) < 4.78 is 0.700. The fraction of sp³-hybridized carbons (Fsp3) is 0.462. The van der Waals surface area contributed by atoms with Gasteiger partial charge in [0, 0.05) is 35.6 Å². The molecule has 6 heteroatoms. The number of Topliss-reactive ketones (excluding diaryl/α,β-unsaturated/α-hetero) is 1. The van der Waals surface area contributed by atoms with Gasteiger partial charge in [-0.3, -0.25) is 14.9 Å². The molecule has 0 aromatic heterocycles. The number of nitro groups is 1. The van der Waals surface area contributed by atoms with Gasteiger partial charge >= 0.3 is 0 Å². The minimum absolute atomic E-state index is 0.0655. The van der Waals surface area contributed by atoms with Crippen molar-refractivity contribution in [3.05, 3.63) is 32.8 Å². The molecule has 1 saturated heterocycles. The molecule has 5 nitrogen and oxygen atoms in total. The third-order valence-electron chi connectivity index (χ3n) is 3.48. The fourth-order valence-electron chi connectivity index (χ4n) is 2.39. The summed E-state index contributed by atoms with van der Waals surface area (Å²) in [6.45, 7) is 3.19. The predicted molar refractivity (Wildman–Crippen MR) is 76.4 cm³/mol. The predicted octanol–water partition coefficient (Wildman–Crippen LogP) is 3.16. The van der Waals surface area contributed by atoms with Crippen molar-refractivity contribution in [2.24, 2.45) is 5.92 Å². The van der Waals surface area contributed by atoms with Gasteiger partial charge in [0.05, 0.1) is 10.6 Å². The van der Waals surface area contributed by atoms with Crippen LogP contribution in [0.2, 0.25) is 0 Å². The minimum Gasteiger partial charge on any atom is -0.370 e. The number of piperidine rings is 1. The molecular formula is C13H15BrN2O3. The van der Waals surface area contributed by atoms with E-state index in [1.54, 1.807) is 13.0 Å². The van der Waals surface area contributed by atoms with Crippen LogP contribution in [0.15, 0.2) is 22.7 Å². The maximum atomic E-state index is 11.5. The molecule has 2 rings (SSSR count). The van der Waals surface area contributed by atoms with Gasteiger partial charge in [-0.1, -0.05) is 0 Å². The number of carbonyl (C=O) groups excluding carboxylic acids is 1. The number of halogens is 1. The Kier molecular flexibility index (Phi) is 4.19. The maximum absolute atomic E-state index is 11.5. The molecule has 19 heavy (non-hydrogen) atoms. The maximum Gasteiger partial charge on any atom is 0.270 e. The molecule has 1 aromatic rings. The molecule has 1 aliphatic heterocycles. The fourth-order valence-corrected chi connectivity index (χ4v) is 3.01. The Morgan fingerprint density at radius 2 is 2.26 bits per heavy atom. The van der Waals surface area contributed by atoms with E-state index in [0.717, 1.165) is 25.1 Å². The second-order valence-electron chi connectivity index (χ2n) is 4.79. The molecule has 1 fully saturated rings. The summed E-state index contributed by atoms with van der Waals surface area (Å²) in [4.78, 5) is 23.9. The van der Waals surface area contributed by atoms with Crippen LogP contribution in [-0.2, 0) is 4.79 Å². The van der Waals surface area contributed by atoms with E-state index in [1.807, 2.05) is 0 Å². The lowest BCUT2D eigenvalue weighted by Gasteiger charge is -2.33. The van der Waals surface area contributed by atoms with Crippen LogP contribution < -0.4 is 4.90 Å². The molecule has 0 saturated carbocycles. The number of nitrogens with zero attached hydrogens (tertiary/aromatic N) is 2. The first-order valence-electron chi connectivity index (χ1n) is 6.18. The van der Waals surface area contributed by atoms with Crippen molar-refractivity contribution in [1.82, 2.24) is 0 Å². The zero-order valence-electron chi connectivity index (χ0n) is 10.6. The third kappa shape index (κ3) is 3.12. The van der Waals surface area contributed by atoms with Crippen molar-refractivity contribution in [1.29, 1.82) is 0 Å². The number of anilines is 1. The highest BCUT2D eigenvalue weighted by Crippen LogP contribution is 2.32. The third-order valence-corrected chi connectivity index (χ3v) is 4.11. The zero-order chi connectivity index (χ0) is 14.0. The van der Waals surface area contributed by atoms with E-state index in [0.29, 0.717) is 11.0 Å². The Morgan fingerprint density at radius 1 is 1.53 bits per heavy atom. The summed E-state index contributed by atoms with van der Waals surface area (Å²) in [6, 6.07) is 4.74. The summed E-state index contributed by atoms with van der Waals surface area (Å²) in [5.41, 5.74) is 0.979. The second-order valence-corrected chi connectivity index (χ2v) is 5.64. The largest absolute Gasteiger partial charge is 0.370 e. The Balaban J connectivity index is 2.22. The number of hydrogen-bond acceptors (Lipinski definition) is 4. The molecule has 1 unspecified atom stereocenters. The van der Waals surface area contributed by atoms with Gasteiger partial charge in [0.1, 0.15) is 5.78 Å². The van der Waals surface area contributed by atoms with Crippen LogP contribution >= 0.6 is 15.9 Å². The molecule has 0 aliphatic carbocycles. The minimum atomic E-state index is -0.414. The molecule has 0 amide bonds. The van der Waals surface area contributed by atoms with Crippen molar-refractivity contribution in [3.63, 3.8) is 0 Å². The summed E-state index contributed by atoms with van der Waals surface area (Å²) in [7, 11) is 0. The van der Waals surface area contributed by atoms with Crippen molar-refractivity contribution in [3.8, 4) is 0 Å². The summed E-state index contributed by atoms with van der Waals surface area (Å²) >= 11 is 3.38. The number of hydrogen-bond donors (Lipinski definition) is 0. The van der Waals surface area contributed by atoms with Crippen molar-refractivity contribution in [2.75, 3.05) is 18.0 Å². The van der Waals surface area contributed by atoms with E-state index in [9.17, 15) is 14.9 Å². The van der Waals surface area contributed by atoms with Crippen LogP contribution in [-0.4, -0.2) is 23.8 Å². The molecule has 1 atom stereocenters. The number of nitro benzene ring substituents is 1. The monoisotopic (exact) mass is 326 g/mol. The molecule has 0 bridgehead atoms. The highest BCUT2D eigenvalue weighted by Gasteiger charge is 2.24. The van der Waals surface area contributed by atoms with Gasteiger partial charge in [0.25, 0.3) is 5.69 Å². The van der Waals surface area contributed by atoms with Crippen LogP contribution in [0.4, 0.5) is 11.4 Å². The van der Waals surface area contributed by atoms with E-state index in [4.69, 9.17) is 0 Å². The van der Waals surface area contributed by atoms with Gasteiger partial charge in [-0.25, -0.2) is 0 Å². The lowest BCUT2D eigenvalue weighted by molar-refractivity contribution is -0.384. The van der Waals surface area contributed by atoms with E-state index < -0.39 is 4.92 Å². The van der Waals surface area contributed by atoms with Crippen molar-refractivity contribution in [2.45, 2.75) is 19.8 Å². The topological polar surface area (TPSA) is 63.5 Å². The Labute approximate surface area is 119 Å². The van der Waals surface area contributed by atoms with Crippen LogP contribution in [0.25, 0.3) is 0 Å². The zero-order valence-corrected chi connectivity index (χ0v) is 12.2. The van der Waals surface area contributed by atoms with Gasteiger partial charge < -0.3 is 4.90 Å². The first-order chi connectivity index (χ1) is 8.99. The molecule has 1 aliphatic rings. The first-order valence-corrected chi connectivity index (χ1v) is 6.97. The lowest BCUT2D eigenvalue weighted by atomic mass is 9.94. The van der Waals surface area contributed by atoms with E-state index in [1.165, 1.54) is 12.1 Å². The van der Waals surface area contributed by atoms with Gasteiger partial charge in [0.15, 0.2) is 0 Å². The summed E-state index contributed by atoms with van der Waals surface area (Å²) in [5.74, 6) is 0.276. The van der Waals surface area contributed by atoms with Gasteiger partial charge in [-0.05, 0) is 41.8 Å². The number of ketones is 1. The van der Waals surface area contributed by atoms with Crippen molar-refractivity contribution >= 4 is 33.1 Å². The highest BCUT2D eigenvalue weighted by atomic mass is 79.9.